The molecule has 0 unspecified atom stereocenters. The van der Waals surface area contributed by atoms with Crippen molar-refractivity contribution in [3.8, 4) is 0 Å². The minimum absolute atomic E-state index is 0.00934. The van der Waals surface area contributed by atoms with Crippen molar-refractivity contribution in [1.82, 2.24) is 9.55 Å². The van der Waals surface area contributed by atoms with Gasteiger partial charge in [-0.2, -0.15) is 4.98 Å². The summed E-state index contributed by atoms with van der Waals surface area (Å²) in [5, 5.41) is 12.3. The molecule has 1 aliphatic rings. The van der Waals surface area contributed by atoms with Crippen LogP contribution in [0.25, 0.3) is 10.4 Å². The number of rotatable bonds is 3. The SMILES string of the molecule is [N-]=[N+]=N[C@H]1[C@H](F)[C@@H](CO)O[C@H]1n1ccc(N)nc1=O. The molecule has 1 aliphatic heterocycles. The van der Waals surface area contributed by atoms with E-state index in [1.54, 1.807) is 0 Å². The molecule has 10 heteroatoms. The maximum atomic E-state index is 13.9. The van der Waals surface area contributed by atoms with Gasteiger partial charge in [0.1, 0.15) is 30.4 Å². The lowest BCUT2D eigenvalue weighted by Gasteiger charge is -2.17. The van der Waals surface area contributed by atoms with Crippen LogP contribution in [0.5, 0.6) is 0 Å². The Morgan fingerprint density at radius 2 is 2.47 bits per heavy atom. The first-order valence-electron chi connectivity index (χ1n) is 5.37. The summed E-state index contributed by atoms with van der Waals surface area (Å²) in [5.41, 5.74) is 13.0. The van der Waals surface area contributed by atoms with Crippen LogP contribution in [0.4, 0.5) is 10.2 Å². The maximum Gasteiger partial charge on any atom is 0.351 e. The van der Waals surface area contributed by atoms with Crippen LogP contribution in [0.15, 0.2) is 22.2 Å². The Morgan fingerprint density at radius 3 is 3.05 bits per heavy atom. The fourth-order valence-corrected chi connectivity index (χ4v) is 1.89. The van der Waals surface area contributed by atoms with Gasteiger partial charge in [0.25, 0.3) is 0 Å². The van der Waals surface area contributed by atoms with Gasteiger partial charge >= 0.3 is 5.69 Å². The molecule has 0 aromatic carbocycles. The third kappa shape index (κ3) is 2.36. The molecule has 4 atom stereocenters. The molecule has 1 fully saturated rings. The number of hydrogen-bond donors (Lipinski definition) is 2. The molecule has 1 saturated heterocycles. The zero-order valence-electron chi connectivity index (χ0n) is 9.63. The quantitative estimate of drug-likeness (QED) is 0.442. The lowest BCUT2D eigenvalue weighted by Crippen LogP contribution is -2.33. The number of anilines is 1. The second kappa shape index (κ2) is 5.22. The summed E-state index contributed by atoms with van der Waals surface area (Å²) in [6, 6.07) is 0.0718. The Hall–Kier alpha value is -2.16. The van der Waals surface area contributed by atoms with Gasteiger partial charge in [-0.3, -0.25) is 4.57 Å². The monoisotopic (exact) mass is 270 g/mol. The average Bonchev–Trinajstić information content (AvgIpc) is 2.68. The van der Waals surface area contributed by atoms with Gasteiger partial charge in [0.15, 0.2) is 0 Å². The maximum absolute atomic E-state index is 13.9. The van der Waals surface area contributed by atoms with E-state index in [0.29, 0.717) is 0 Å². The van der Waals surface area contributed by atoms with Gasteiger partial charge in [0, 0.05) is 11.1 Å². The summed E-state index contributed by atoms with van der Waals surface area (Å²) in [7, 11) is 0. The summed E-state index contributed by atoms with van der Waals surface area (Å²) in [6.07, 6.45) is -2.77. The van der Waals surface area contributed by atoms with E-state index in [2.05, 4.69) is 15.0 Å². The third-order valence-corrected chi connectivity index (χ3v) is 2.78. The topological polar surface area (TPSA) is 139 Å². The van der Waals surface area contributed by atoms with Gasteiger partial charge in [-0.1, -0.05) is 5.11 Å². The Bertz CT molecular complexity index is 571. The second-order valence-corrected chi connectivity index (χ2v) is 3.93. The van der Waals surface area contributed by atoms with Crippen molar-refractivity contribution in [1.29, 1.82) is 0 Å². The van der Waals surface area contributed by atoms with Crippen molar-refractivity contribution in [3.63, 3.8) is 0 Å². The van der Waals surface area contributed by atoms with E-state index in [1.807, 2.05) is 0 Å². The molecule has 3 N–H and O–H groups in total. The fourth-order valence-electron chi connectivity index (χ4n) is 1.89. The standard InChI is InChI=1S/C9H11FN6O3/c10-6-4(3-17)19-8(7(6)14-15-12)16-2-1-5(11)13-9(16)18/h1-2,4,6-8,17H,3H2,(H2,11,13,18)/t4-,6-,7+,8-/m1/s1. The third-order valence-electron chi connectivity index (χ3n) is 2.78. The highest BCUT2D eigenvalue weighted by molar-refractivity contribution is 5.23. The highest BCUT2D eigenvalue weighted by Gasteiger charge is 2.45. The summed E-state index contributed by atoms with van der Waals surface area (Å²) in [4.78, 5) is 17.6. The molecule has 0 amide bonds. The molecule has 0 saturated carbocycles. The average molecular weight is 270 g/mol. The van der Waals surface area contributed by atoms with E-state index in [1.165, 1.54) is 12.3 Å². The first-order valence-corrected chi connectivity index (χ1v) is 5.37. The number of nitrogens with two attached hydrogens (primary N) is 1. The summed E-state index contributed by atoms with van der Waals surface area (Å²) >= 11 is 0. The molecule has 2 rings (SSSR count). The smallest absolute Gasteiger partial charge is 0.351 e. The predicted octanol–water partition coefficient (Wildman–Crippen LogP) is -0.268. The van der Waals surface area contributed by atoms with Crippen molar-refractivity contribution in [2.75, 3.05) is 12.3 Å². The van der Waals surface area contributed by atoms with Gasteiger partial charge in [0.05, 0.1) is 6.61 Å². The number of azide groups is 1. The molecule has 0 bridgehead atoms. The molecule has 1 aromatic rings. The Labute approximate surface area is 106 Å². The molecule has 102 valence electrons. The van der Waals surface area contributed by atoms with E-state index in [0.717, 1.165) is 4.57 Å². The van der Waals surface area contributed by atoms with E-state index in [9.17, 15) is 9.18 Å². The van der Waals surface area contributed by atoms with E-state index >= 15 is 0 Å². The number of nitrogens with zero attached hydrogens (tertiary/aromatic N) is 5. The molecule has 2 heterocycles. The highest BCUT2D eigenvalue weighted by atomic mass is 19.1. The largest absolute Gasteiger partial charge is 0.394 e. The van der Waals surface area contributed by atoms with Crippen LogP contribution in [-0.4, -0.2) is 39.6 Å². The Kier molecular flexibility index (Phi) is 3.65. The van der Waals surface area contributed by atoms with E-state index < -0.39 is 36.8 Å². The number of aromatic nitrogens is 2. The zero-order valence-corrected chi connectivity index (χ0v) is 9.63. The Morgan fingerprint density at radius 1 is 1.74 bits per heavy atom. The van der Waals surface area contributed by atoms with Crippen LogP contribution in [0.2, 0.25) is 0 Å². The minimum Gasteiger partial charge on any atom is -0.394 e. The van der Waals surface area contributed by atoms with Crippen LogP contribution >= 0.6 is 0 Å². The Balaban J connectivity index is 2.41. The lowest BCUT2D eigenvalue weighted by molar-refractivity contribution is -0.0371. The zero-order chi connectivity index (χ0) is 14.0. The van der Waals surface area contributed by atoms with Crippen LogP contribution < -0.4 is 11.4 Å². The summed E-state index contributed by atoms with van der Waals surface area (Å²) < 4.78 is 20.0. The minimum atomic E-state index is -1.71. The molecule has 0 aliphatic carbocycles. The van der Waals surface area contributed by atoms with Crippen molar-refractivity contribution >= 4 is 5.82 Å². The highest BCUT2D eigenvalue weighted by Crippen LogP contribution is 2.32. The van der Waals surface area contributed by atoms with Crippen LogP contribution in [-0.2, 0) is 4.74 Å². The molecular formula is C9H11FN6O3. The summed E-state index contributed by atoms with van der Waals surface area (Å²) in [6.45, 7) is -0.591. The van der Waals surface area contributed by atoms with E-state index in [4.69, 9.17) is 21.1 Å². The van der Waals surface area contributed by atoms with E-state index in [-0.39, 0.29) is 5.82 Å². The van der Waals surface area contributed by atoms with Gasteiger partial charge in [0.2, 0.25) is 0 Å². The number of ether oxygens (including phenoxy) is 1. The van der Waals surface area contributed by atoms with Crippen LogP contribution in [0, 0.1) is 0 Å². The van der Waals surface area contributed by atoms with Crippen molar-refractivity contribution in [3.05, 3.63) is 33.2 Å². The number of nitrogen functional groups attached to an aromatic ring is 1. The van der Waals surface area contributed by atoms with Crippen LogP contribution in [0.1, 0.15) is 6.23 Å². The number of halogens is 1. The number of hydrogen-bond acceptors (Lipinski definition) is 6. The fraction of sp³-hybridized carbons (Fsp3) is 0.556. The molecule has 0 radical (unpaired) electrons. The first-order chi connectivity index (χ1) is 9.08. The first kappa shape index (κ1) is 13.3. The summed E-state index contributed by atoms with van der Waals surface area (Å²) in [5.74, 6) is 0.00934. The van der Waals surface area contributed by atoms with Crippen molar-refractivity contribution in [2.45, 2.75) is 24.5 Å². The number of alkyl halides is 1. The van der Waals surface area contributed by atoms with Crippen molar-refractivity contribution < 1.29 is 14.2 Å². The lowest BCUT2D eigenvalue weighted by atomic mass is 10.1. The normalized spacial score (nSPS) is 30.0. The van der Waals surface area contributed by atoms with Gasteiger partial charge in [-0.25, -0.2) is 9.18 Å². The van der Waals surface area contributed by atoms with Gasteiger partial charge in [-0.15, -0.1) is 0 Å². The molecule has 1 aromatic heterocycles. The predicted molar refractivity (Wildman–Crippen MR) is 61.7 cm³/mol. The number of aliphatic hydroxyl groups is 1. The van der Waals surface area contributed by atoms with Gasteiger partial charge in [-0.05, 0) is 11.6 Å². The molecule has 0 spiro atoms. The van der Waals surface area contributed by atoms with Crippen molar-refractivity contribution in [2.24, 2.45) is 5.11 Å². The van der Waals surface area contributed by atoms with Gasteiger partial charge < -0.3 is 15.6 Å². The molecule has 9 nitrogen and oxygen atoms in total. The van der Waals surface area contributed by atoms with Crippen LogP contribution in [0.3, 0.4) is 0 Å². The number of aliphatic hydroxyl groups excluding tert-OH is 1. The second-order valence-electron chi connectivity index (χ2n) is 3.93. The molecule has 19 heavy (non-hydrogen) atoms. The molecular weight excluding hydrogens is 259 g/mol.